The average molecular weight is 546 g/mol. The number of aryl methyl sites for hydroxylation is 1. The zero-order valence-corrected chi connectivity index (χ0v) is 21.9. The van der Waals surface area contributed by atoms with Gasteiger partial charge in [-0.3, -0.25) is 0 Å². The van der Waals surface area contributed by atoms with E-state index in [0.29, 0.717) is 0 Å². The average Bonchev–Trinajstić information content (AvgIpc) is 3.27. The monoisotopic (exact) mass is 545 g/mol. The number of alkyl halides is 1. The first-order chi connectivity index (χ1) is 17.5. The van der Waals surface area contributed by atoms with Gasteiger partial charge in [-0.15, -0.1) is 5.10 Å². The summed E-state index contributed by atoms with van der Waals surface area (Å²) >= 11 is 6.25. The Morgan fingerprint density at radius 3 is 2.62 bits per heavy atom. The van der Waals surface area contributed by atoms with Crippen LogP contribution in [0.2, 0.25) is 5.02 Å². The van der Waals surface area contributed by atoms with E-state index in [0.717, 1.165) is 21.9 Å². The van der Waals surface area contributed by atoms with Crippen LogP contribution in [0.1, 0.15) is 54.8 Å². The normalized spacial score (nSPS) is 19.3. The Morgan fingerprint density at radius 1 is 1.19 bits per heavy atom. The number of hydrogen-bond donors (Lipinski definition) is 2. The number of ether oxygens (including phenoxy) is 1. The maximum atomic E-state index is 15.3. The predicted molar refractivity (Wildman–Crippen MR) is 137 cm³/mol. The van der Waals surface area contributed by atoms with E-state index in [-0.39, 0.29) is 40.1 Å². The summed E-state index contributed by atoms with van der Waals surface area (Å²) in [5.74, 6) is -1.61. The van der Waals surface area contributed by atoms with Gasteiger partial charge in [0.05, 0.1) is 17.2 Å². The number of H-pyrrole nitrogens is 1. The first-order valence-electron chi connectivity index (χ1n) is 11.7. The Hall–Kier alpha value is -3.21. The molecule has 1 aliphatic rings. The topological polar surface area (TPSA) is 114 Å². The van der Waals surface area contributed by atoms with Crippen LogP contribution in [0.5, 0.6) is 5.75 Å². The van der Waals surface area contributed by atoms with Crippen molar-refractivity contribution < 1.29 is 22.0 Å². The van der Waals surface area contributed by atoms with Crippen molar-refractivity contribution in [1.29, 1.82) is 0 Å². The molecule has 37 heavy (non-hydrogen) atoms. The summed E-state index contributed by atoms with van der Waals surface area (Å²) in [5, 5.41) is 8.14. The van der Waals surface area contributed by atoms with Gasteiger partial charge in [0.25, 0.3) is 0 Å². The molecule has 3 atom stereocenters. The fraction of sp³-hybridized carbons (Fsp3) is 0.308. The van der Waals surface area contributed by atoms with Crippen molar-refractivity contribution in [3.8, 4) is 5.75 Å². The molecule has 1 aliphatic heterocycles. The van der Waals surface area contributed by atoms with Gasteiger partial charge in [-0.05, 0) is 47.9 Å². The molecule has 0 amide bonds. The van der Waals surface area contributed by atoms with Crippen molar-refractivity contribution >= 4 is 32.4 Å². The van der Waals surface area contributed by atoms with Gasteiger partial charge in [0.2, 0.25) is 15.9 Å². The lowest BCUT2D eigenvalue weighted by Gasteiger charge is -2.31. The van der Waals surface area contributed by atoms with Gasteiger partial charge >= 0.3 is 5.76 Å². The third kappa shape index (κ3) is 4.54. The summed E-state index contributed by atoms with van der Waals surface area (Å²) in [4.78, 5) is 11.6. The Morgan fingerprint density at radius 2 is 1.92 bits per heavy atom. The number of sulfonamides is 1. The van der Waals surface area contributed by atoms with E-state index in [1.807, 2.05) is 50.2 Å². The maximum Gasteiger partial charge on any atom is 0.434 e. The summed E-state index contributed by atoms with van der Waals surface area (Å²) in [6, 6.07) is 13.2. The number of hydrogen-bond acceptors (Lipinski definition) is 6. The fourth-order valence-corrected chi connectivity index (χ4v) is 6.71. The molecule has 1 aromatic heterocycles. The highest BCUT2D eigenvalue weighted by Crippen LogP contribution is 2.47. The second kappa shape index (κ2) is 9.27. The Balaban J connectivity index is 1.63. The molecule has 0 bridgehead atoms. The molecule has 0 spiro atoms. The van der Waals surface area contributed by atoms with Crippen molar-refractivity contribution in [3.63, 3.8) is 0 Å². The molecule has 1 unspecified atom stereocenters. The molecule has 2 heterocycles. The standard InChI is InChI=1S/C26H25ClFN3O5S/c1-14-6-4-7-16-8-5-9-17(20(14)16)15(2)22(24-29-30-25(32)36-24)31-37(33,34)19-11-10-18(27)21-23(19)35-13-12-26(21,3)28/h4-11,15,22,31H,12-13H2,1-3H3,(H,30,32)/t15-,22+,26?/m1/s1. The molecule has 5 rings (SSSR count). The predicted octanol–water partition coefficient (Wildman–Crippen LogP) is 5.27. The molecule has 2 N–H and O–H groups in total. The van der Waals surface area contributed by atoms with E-state index in [4.69, 9.17) is 20.8 Å². The van der Waals surface area contributed by atoms with Gasteiger partial charge < -0.3 is 9.15 Å². The van der Waals surface area contributed by atoms with Gasteiger partial charge in [-0.2, -0.15) is 4.72 Å². The number of rotatable bonds is 6. The SMILES string of the molecule is Cc1cccc2cccc([C@@H](C)[C@H](NS(=O)(=O)c3ccc(Cl)c4c3OCCC4(C)F)c3n[nH]c(=O)o3)c12. The third-order valence-corrected chi connectivity index (χ3v) is 8.62. The summed E-state index contributed by atoms with van der Waals surface area (Å²) in [6.45, 7) is 5.12. The van der Waals surface area contributed by atoms with Crippen molar-refractivity contribution in [3.05, 3.63) is 86.7 Å². The zero-order chi connectivity index (χ0) is 26.5. The molecule has 0 saturated carbocycles. The molecule has 0 saturated heterocycles. The fourth-order valence-electron chi connectivity index (χ4n) is 4.94. The Labute approximate surface area is 217 Å². The molecular weight excluding hydrogens is 521 g/mol. The molecule has 4 aromatic rings. The smallest absolute Gasteiger partial charge is 0.434 e. The van der Waals surface area contributed by atoms with E-state index < -0.39 is 33.4 Å². The van der Waals surface area contributed by atoms with E-state index in [1.54, 1.807) is 0 Å². The number of nitrogens with one attached hydrogen (secondary N) is 2. The van der Waals surface area contributed by atoms with Gasteiger partial charge in [0.1, 0.15) is 22.4 Å². The van der Waals surface area contributed by atoms with Gasteiger partial charge in [0, 0.05) is 12.3 Å². The van der Waals surface area contributed by atoms with E-state index in [9.17, 15) is 13.2 Å². The first-order valence-corrected chi connectivity index (χ1v) is 13.6. The number of nitrogens with zero attached hydrogens (tertiary/aromatic N) is 1. The highest BCUT2D eigenvalue weighted by Gasteiger charge is 2.40. The molecule has 0 aliphatic carbocycles. The van der Waals surface area contributed by atoms with Crippen LogP contribution in [0.3, 0.4) is 0 Å². The van der Waals surface area contributed by atoms with Crippen molar-refractivity contribution in [2.45, 2.75) is 49.7 Å². The molecular formula is C26H25ClFN3O5S. The van der Waals surface area contributed by atoms with Crippen LogP contribution in [0.25, 0.3) is 10.8 Å². The largest absolute Gasteiger partial charge is 0.492 e. The number of fused-ring (bicyclic) bond motifs is 2. The van der Waals surface area contributed by atoms with Crippen LogP contribution in [0.15, 0.2) is 62.6 Å². The quantitative estimate of drug-likeness (QED) is 0.341. The summed E-state index contributed by atoms with van der Waals surface area (Å²) in [5.41, 5.74) is -0.0331. The molecule has 0 fully saturated rings. The summed E-state index contributed by atoms with van der Waals surface area (Å²) in [6.07, 6.45) is 0.0369. The minimum absolute atomic E-state index is 0.00772. The lowest BCUT2D eigenvalue weighted by molar-refractivity contribution is 0.108. The third-order valence-electron chi connectivity index (χ3n) is 6.84. The second-order valence-electron chi connectivity index (χ2n) is 9.40. The number of halogens is 2. The van der Waals surface area contributed by atoms with E-state index in [1.165, 1.54) is 19.1 Å². The van der Waals surface area contributed by atoms with Crippen LogP contribution in [0, 0.1) is 6.92 Å². The summed E-state index contributed by atoms with van der Waals surface area (Å²) in [7, 11) is -4.34. The molecule has 194 valence electrons. The highest BCUT2D eigenvalue weighted by molar-refractivity contribution is 7.89. The van der Waals surface area contributed by atoms with Crippen LogP contribution >= 0.6 is 11.6 Å². The van der Waals surface area contributed by atoms with Crippen LogP contribution in [-0.4, -0.2) is 25.2 Å². The molecule has 8 nitrogen and oxygen atoms in total. The Bertz CT molecular complexity index is 1660. The van der Waals surface area contributed by atoms with Crippen LogP contribution < -0.4 is 15.2 Å². The van der Waals surface area contributed by atoms with Gasteiger partial charge in [0.15, 0.2) is 0 Å². The lowest BCUT2D eigenvalue weighted by Crippen LogP contribution is -2.34. The number of benzene rings is 3. The van der Waals surface area contributed by atoms with Gasteiger partial charge in [-0.25, -0.2) is 22.7 Å². The summed E-state index contributed by atoms with van der Waals surface area (Å²) < 4.78 is 56.3. The molecule has 0 radical (unpaired) electrons. The minimum atomic E-state index is -4.34. The second-order valence-corrected chi connectivity index (χ2v) is 11.5. The van der Waals surface area contributed by atoms with E-state index >= 15 is 4.39 Å². The Kier molecular flexibility index (Phi) is 6.37. The number of aromatic nitrogens is 2. The van der Waals surface area contributed by atoms with Gasteiger partial charge in [-0.1, -0.05) is 54.9 Å². The molecule has 11 heteroatoms. The maximum absolute atomic E-state index is 15.3. The van der Waals surface area contributed by atoms with E-state index in [2.05, 4.69) is 14.9 Å². The van der Waals surface area contributed by atoms with Crippen molar-refractivity contribution in [2.75, 3.05) is 6.61 Å². The van der Waals surface area contributed by atoms with Crippen LogP contribution in [-0.2, 0) is 15.7 Å². The minimum Gasteiger partial charge on any atom is -0.492 e. The number of aromatic amines is 1. The van der Waals surface area contributed by atoms with Crippen molar-refractivity contribution in [1.82, 2.24) is 14.9 Å². The van der Waals surface area contributed by atoms with Crippen LogP contribution in [0.4, 0.5) is 4.39 Å². The zero-order valence-electron chi connectivity index (χ0n) is 20.3. The lowest BCUT2D eigenvalue weighted by atomic mass is 9.88. The first kappa shape index (κ1) is 25.4. The van der Waals surface area contributed by atoms with Crippen molar-refractivity contribution in [2.24, 2.45) is 0 Å². The highest BCUT2D eigenvalue weighted by atomic mass is 35.5. The molecule has 3 aromatic carbocycles.